The number of methoxy groups -OCH3 is 1. The smallest absolute Gasteiger partial charge is 0.261 e. The van der Waals surface area contributed by atoms with E-state index in [1.54, 1.807) is 35.4 Å². The van der Waals surface area contributed by atoms with Crippen LogP contribution in [-0.4, -0.2) is 39.3 Å². The quantitative estimate of drug-likeness (QED) is 0.640. The van der Waals surface area contributed by atoms with Gasteiger partial charge in [-0.1, -0.05) is 18.2 Å². The fourth-order valence-electron chi connectivity index (χ4n) is 4.12. The Morgan fingerprint density at radius 1 is 1.14 bits per heavy atom. The Balaban J connectivity index is 1.76. The summed E-state index contributed by atoms with van der Waals surface area (Å²) in [6, 6.07) is 12.9. The highest BCUT2D eigenvalue weighted by Gasteiger charge is 2.30. The molecule has 4 rings (SSSR count). The summed E-state index contributed by atoms with van der Waals surface area (Å²) in [6.45, 7) is 2.47. The van der Waals surface area contributed by atoms with Crippen molar-refractivity contribution in [2.24, 2.45) is 7.05 Å². The van der Waals surface area contributed by atoms with E-state index in [9.17, 15) is 9.59 Å². The molecule has 29 heavy (non-hydrogen) atoms. The Bertz CT molecular complexity index is 1130. The predicted octanol–water partition coefficient (Wildman–Crippen LogP) is 2.08. The monoisotopic (exact) mass is 394 g/mol. The van der Waals surface area contributed by atoms with E-state index in [2.05, 4.69) is 4.90 Å². The first-order valence-corrected chi connectivity index (χ1v) is 9.97. The minimum absolute atomic E-state index is 0.0147. The SMILES string of the molecule is COCCn1c(C2CCCN2Cc2cccc(=O)n2C)nc2ccccc2c1=O. The minimum atomic E-state index is -0.0263. The van der Waals surface area contributed by atoms with Gasteiger partial charge in [0.15, 0.2) is 0 Å². The molecular formula is C22H26N4O3. The first-order valence-electron chi connectivity index (χ1n) is 9.97. The number of pyridine rings is 1. The van der Waals surface area contributed by atoms with Crippen molar-refractivity contribution in [2.75, 3.05) is 20.3 Å². The molecule has 0 amide bonds. The molecule has 7 heteroatoms. The van der Waals surface area contributed by atoms with Crippen molar-refractivity contribution in [3.05, 3.63) is 74.7 Å². The van der Waals surface area contributed by atoms with Crippen molar-refractivity contribution in [3.8, 4) is 0 Å². The summed E-state index contributed by atoms with van der Waals surface area (Å²) in [4.78, 5) is 32.4. The van der Waals surface area contributed by atoms with E-state index in [0.29, 0.717) is 25.1 Å². The average Bonchev–Trinajstić information content (AvgIpc) is 3.18. The van der Waals surface area contributed by atoms with Gasteiger partial charge < -0.3 is 9.30 Å². The van der Waals surface area contributed by atoms with Crippen LogP contribution in [0.3, 0.4) is 0 Å². The Labute approximate surface area is 169 Å². The molecule has 1 aliphatic rings. The van der Waals surface area contributed by atoms with Crippen molar-refractivity contribution in [1.29, 1.82) is 0 Å². The van der Waals surface area contributed by atoms with Crippen LogP contribution < -0.4 is 11.1 Å². The number of likely N-dealkylation sites (tertiary alicyclic amines) is 1. The van der Waals surface area contributed by atoms with Gasteiger partial charge >= 0.3 is 0 Å². The van der Waals surface area contributed by atoms with Crippen LogP contribution >= 0.6 is 0 Å². The Kier molecular flexibility index (Phi) is 5.60. The summed E-state index contributed by atoms with van der Waals surface area (Å²) in [6.07, 6.45) is 1.96. The first-order chi connectivity index (χ1) is 14.1. The lowest BCUT2D eigenvalue weighted by atomic mass is 10.1. The number of nitrogens with zero attached hydrogens (tertiary/aromatic N) is 4. The van der Waals surface area contributed by atoms with Gasteiger partial charge in [-0.3, -0.25) is 19.1 Å². The molecule has 0 spiro atoms. The maximum atomic E-state index is 13.2. The summed E-state index contributed by atoms with van der Waals surface area (Å²) in [7, 11) is 3.43. The third kappa shape index (κ3) is 3.75. The van der Waals surface area contributed by atoms with Crippen LogP contribution in [0.2, 0.25) is 0 Å². The zero-order valence-electron chi connectivity index (χ0n) is 16.9. The van der Waals surface area contributed by atoms with Crippen LogP contribution in [0.5, 0.6) is 0 Å². The minimum Gasteiger partial charge on any atom is -0.383 e. The Morgan fingerprint density at radius 3 is 2.79 bits per heavy atom. The molecule has 7 nitrogen and oxygen atoms in total. The highest BCUT2D eigenvalue weighted by molar-refractivity contribution is 5.77. The Hall–Kier alpha value is -2.77. The summed E-state index contributed by atoms with van der Waals surface area (Å²) >= 11 is 0. The maximum absolute atomic E-state index is 13.2. The number of hydrogen-bond donors (Lipinski definition) is 0. The van der Waals surface area contributed by atoms with Crippen LogP contribution in [0.4, 0.5) is 0 Å². The molecule has 2 aromatic heterocycles. The van der Waals surface area contributed by atoms with Gasteiger partial charge in [0.05, 0.1) is 30.1 Å². The van der Waals surface area contributed by atoms with E-state index in [0.717, 1.165) is 36.4 Å². The summed E-state index contributed by atoms with van der Waals surface area (Å²) in [5.74, 6) is 0.782. The molecule has 1 aromatic carbocycles. The second-order valence-electron chi connectivity index (χ2n) is 7.48. The highest BCUT2D eigenvalue weighted by atomic mass is 16.5. The van der Waals surface area contributed by atoms with Crippen molar-refractivity contribution >= 4 is 10.9 Å². The van der Waals surface area contributed by atoms with Gasteiger partial charge in [-0.25, -0.2) is 4.98 Å². The molecule has 1 saturated heterocycles. The van der Waals surface area contributed by atoms with Gasteiger partial charge in [-0.15, -0.1) is 0 Å². The van der Waals surface area contributed by atoms with Gasteiger partial charge in [0.1, 0.15) is 5.82 Å². The second-order valence-corrected chi connectivity index (χ2v) is 7.48. The number of aromatic nitrogens is 3. The van der Waals surface area contributed by atoms with Gasteiger partial charge in [0, 0.05) is 32.5 Å². The van der Waals surface area contributed by atoms with Gasteiger partial charge in [-0.05, 0) is 37.6 Å². The van der Waals surface area contributed by atoms with E-state index in [1.165, 1.54) is 0 Å². The van der Waals surface area contributed by atoms with Crippen LogP contribution in [0.1, 0.15) is 30.4 Å². The second kappa shape index (κ2) is 8.31. The lowest BCUT2D eigenvalue weighted by molar-refractivity contribution is 0.178. The fourth-order valence-corrected chi connectivity index (χ4v) is 4.12. The number of hydrogen-bond acceptors (Lipinski definition) is 5. The molecule has 1 unspecified atom stereocenters. The predicted molar refractivity (Wildman–Crippen MR) is 112 cm³/mol. The molecule has 1 atom stereocenters. The van der Waals surface area contributed by atoms with Crippen molar-refractivity contribution < 1.29 is 4.74 Å². The lowest BCUT2D eigenvalue weighted by Crippen LogP contribution is -2.34. The largest absolute Gasteiger partial charge is 0.383 e. The number of para-hydroxylation sites is 1. The summed E-state index contributed by atoms with van der Waals surface area (Å²) in [5, 5.41) is 0.627. The van der Waals surface area contributed by atoms with E-state index >= 15 is 0 Å². The summed E-state index contributed by atoms with van der Waals surface area (Å²) < 4.78 is 8.69. The summed E-state index contributed by atoms with van der Waals surface area (Å²) in [5.41, 5.74) is 1.64. The average molecular weight is 394 g/mol. The van der Waals surface area contributed by atoms with E-state index < -0.39 is 0 Å². The molecule has 1 aliphatic heterocycles. The van der Waals surface area contributed by atoms with Gasteiger partial charge in [0.25, 0.3) is 5.56 Å². The topological polar surface area (TPSA) is 69.4 Å². The van der Waals surface area contributed by atoms with Crippen molar-refractivity contribution in [2.45, 2.75) is 32.0 Å². The Morgan fingerprint density at radius 2 is 1.97 bits per heavy atom. The molecule has 0 saturated carbocycles. The molecule has 0 bridgehead atoms. The molecule has 0 radical (unpaired) electrons. The molecule has 3 aromatic rings. The highest BCUT2D eigenvalue weighted by Crippen LogP contribution is 2.32. The van der Waals surface area contributed by atoms with E-state index in [4.69, 9.17) is 9.72 Å². The third-order valence-corrected chi connectivity index (χ3v) is 5.73. The lowest BCUT2D eigenvalue weighted by Gasteiger charge is -2.27. The molecule has 0 N–H and O–H groups in total. The number of benzene rings is 1. The zero-order chi connectivity index (χ0) is 20.4. The molecule has 152 valence electrons. The fraction of sp³-hybridized carbons (Fsp3) is 0.409. The zero-order valence-corrected chi connectivity index (χ0v) is 16.9. The molecule has 0 aliphatic carbocycles. The number of rotatable bonds is 6. The van der Waals surface area contributed by atoms with Crippen LogP contribution in [0.25, 0.3) is 10.9 Å². The third-order valence-electron chi connectivity index (χ3n) is 5.73. The van der Waals surface area contributed by atoms with Crippen LogP contribution in [0.15, 0.2) is 52.1 Å². The van der Waals surface area contributed by atoms with Gasteiger partial charge in [0.2, 0.25) is 5.56 Å². The normalized spacial score (nSPS) is 17.2. The van der Waals surface area contributed by atoms with Crippen molar-refractivity contribution in [1.82, 2.24) is 19.0 Å². The first kappa shape index (κ1) is 19.5. The van der Waals surface area contributed by atoms with Crippen molar-refractivity contribution in [3.63, 3.8) is 0 Å². The van der Waals surface area contributed by atoms with Gasteiger partial charge in [-0.2, -0.15) is 0 Å². The molecule has 3 heterocycles. The van der Waals surface area contributed by atoms with Crippen LogP contribution in [-0.2, 0) is 24.9 Å². The van der Waals surface area contributed by atoms with E-state index in [1.807, 2.05) is 30.3 Å². The van der Waals surface area contributed by atoms with Crippen LogP contribution in [0, 0.1) is 0 Å². The maximum Gasteiger partial charge on any atom is 0.261 e. The molecule has 1 fully saturated rings. The standard InChI is InChI=1S/C22H26N4O3/c1-24-16(7-5-11-20(24)27)15-25-12-6-10-19(25)21-23-18-9-4-3-8-17(18)22(28)26(21)13-14-29-2/h3-5,7-9,11,19H,6,10,12-15H2,1-2H3. The van der Waals surface area contributed by atoms with E-state index in [-0.39, 0.29) is 17.2 Å². The number of ether oxygens (including phenoxy) is 1. The molecular weight excluding hydrogens is 368 g/mol. The number of fused-ring (bicyclic) bond motifs is 1.